The van der Waals surface area contributed by atoms with E-state index in [-0.39, 0.29) is 11.8 Å². The standard InChI is InChI=1S/C18H28N4O3/c1-3-7-19-17(23)13-21-8-10-22(11-9-21)14-18(24)20-15-5-4-6-16(12-15)25-2/h4-6,12H,3,7-11,13-14H2,1-2H3,(H,19,23)(H,20,24). The van der Waals surface area contributed by atoms with E-state index in [0.29, 0.717) is 18.8 Å². The van der Waals surface area contributed by atoms with Gasteiger partial charge in [-0.2, -0.15) is 0 Å². The minimum Gasteiger partial charge on any atom is -0.497 e. The first-order valence-corrected chi connectivity index (χ1v) is 8.76. The zero-order valence-electron chi connectivity index (χ0n) is 15.1. The summed E-state index contributed by atoms with van der Waals surface area (Å²) in [7, 11) is 1.60. The zero-order valence-corrected chi connectivity index (χ0v) is 15.1. The third kappa shape index (κ3) is 6.72. The van der Waals surface area contributed by atoms with Crippen molar-refractivity contribution in [3.63, 3.8) is 0 Å². The molecule has 138 valence electrons. The molecule has 0 aliphatic carbocycles. The van der Waals surface area contributed by atoms with Crippen molar-refractivity contribution in [1.82, 2.24) is 15.1 Å². The van der Waals surface area contributed by atoms with Crippen LogP contribution >= 0.6 is 0 Å². The summed E-state index contributed by atoms with van der Waals surface area (Å²) in [6, 6.07) is 7.32. The van der Waals surface area contributed by atoms with Crippen LogP contribution in [-0.2, 0) is 9.59 Å². The van der Waals surface area contributed by atoms with Gasteiger partial charge in [0, 0.05) is 44.5 Å². The Hall–Kier alpha value is -2.12. The number of nitrogens with zero attached hydrogens (tertiary/aromatic N) is 2. The van der Waals surface area contributed by atoms with Gasteiger partial charge in [0.2, 0.25) is 11.8 Å². The minimum atomic E-state index is -0.0395. The Labute approximate surface area is 149 Å². The molecule has 0 spiro atoms. The van der Waals surface area contributed by atoms with Gasteiger partial charge in [-0.1, -0.05) is 13.0 Å². The van der Waals surface area contributed by atoms with E-state index in [1.54, 1.807) is 13.2 Å². The molecular weight excluding hydrogens is 320 g/mol. The lowest BCUT2D eigenvalue weighted by Crippen LogP contribution is -2.51. The summed E-state index contributed by atoms with van der Waals surface area (Å²) < 4.78 is 5.15. The first-order valence-electron chi connectivity index (χ1n) is 8.76. The van der Waals surface area contributed by atoms with Gasteiger partial charge in [0.05, 0.1) is 20.2 Å². The predicted molar refractivity (Wildman–Crippen MR) is 97.8 cm³/mol. The molecule has 1 aromatic carbocycles. The Kier molecular flexibility index (Phi) is 7.69. The zero-order chi connectivity index (χ0) is 18.1. The van der Waals surface area contributed by atoms with Crippen molar-refractivity contribution >= 4 is 17.5 Å². The summed E-state index contributed by atoms with van der Waals surface area (Å²) in [5.74, 6) is 0.751. The number of amides is 2. The van der Waals surface area contributed by atoms with Gasteiger partial charge >= 0.3 is 0 Å². The topological polar surface area (TPSA) is 73.9 Å². The summed E-state index contributed by atoms with van der Waals surface area (Å²) in [6.45, 7) is 6.72. The molecule has 1 aliphatic rings. The molecule has 7 nitrogen and oxygen atoms in total. The van der Waals surface area contributed by atoms with Crippen LogP contribution in [0.1, 0.15) is 13.3 Å². The predicted octanol–water partition coefficient (Wildman–Crippen LogP) is 0.778. The summed E-state index contributed by atoms with van der Waals surface area (Å²) in [6.07, 6.45) is 0.946. The van der Waals surface area contributed by atoms with Crippen LogP contribution in [0.4, 0.5) is 5.69 Å². The van der Waals surface area contributed by atoms with Crippen molar-refractivity contribution < 1.29 is 14.3 Å². The van der Waals surface area contributed by atoms with Gasteiger partial charge < -0.3 is 15.4 Å². The number of rotatable bonds is 8. The van der Waals surface area contributed by atoms with Crippen molar-refractivity contribution in [3.8, 4) is 5.75 Å². The lowest BCUT2D eigenvalue weighted by Gasteiger charge is -2.33. The number of carbonyl (C=O) groups excluding carboxylic acids is 2. The highest BCUT2D eigenvalue weighted by Crippen LogP contribution is 2.16. The van der Waals surface area contributed by atoms with Crippen LogP contribution in [0, 0.1) is 0 Å². The monoisotopic (exact) mass is 348 g/mol. The Balaban J connectivity index is 1.70. The molecule has 2 rings (SSSR count). The minimum absolute atomic E-state index is 0.0395. The van der Waals surface area contributed by atoms with Crippen LogP contribution < -0.4 is 15.4 Å². The molecule has 0 aromatic heterocycles. The average molecular weight is 348 g/mol. The van der Waals surface area contributed by atoms with Crippen molar-refractivity contribution in [2.24, 2.45) is 0 Å². The highest BCUT2D eigenvalue weighted by Gasteiger charge is 2.20. The van der Waals surface area contributed by atoms with E-state index < -0.39 is 0 Å². The first-order chi connectivity index (χ1) is 12.1. The number of hydrogen-bond acceptors (Lipinski definition) is 5. The number of hydrogen-bond donors (Lipinski definition) is 2. The lowest BCUT2D eigenvalue weighted by atomic mass is 10.2. The molecule has 1 heterocycles. The summed E-state index contributed by atoms with van der Waals surface area (Å²) >= 11 is 0. The molecule has 2 N–H and O–H groups in total. The second-order valence-corrected chi connectivity index (χ2v) is 6.18. The molecule has 7 heteroatoms. The Bertz CT molecular complexity index is 571. The van der Waals surface area contributed by atoms with Crippen molar-refractivity contribution in [2.45, 2.75) is 13.3 Å². The normalized spacial score (nSPS) is 15.6. The molecular formula is C18H28N4O3. The molecule has 1 saturated heterocycles. The first kappa shape index (κ1) is 19.2. The van der Waals surface area contributed by atoms with Crippen LogP contribution in [0.5, 0.6) is 5.75 Å². The Morgan fingerprint density at radius 2 is 1.72 bits per heavy atom. The number of nitrogens with one attached hydrogen (secondary N) is 2. The smallest absolute Gasteiger partial charge is 0.238 e. The maximum absolute atomic E-state index is 12.2. The van der Waals surface area contributed by atoms with Crippen LogP contribution in [0.2, 0.25) is 0 Å². The quantitative estimate of drug-likeness (QED) is 0.726. The van der Waals surface area contributed by atoms with Crippen molar-refractivity contribution in [1.29, 1.82) is 0 Å². The third-order valence-corrected chi connectivity index (χ3v) is 4.13. The number of anilines is 1. The van der Waals surface area contributed by atoms with E-state index in [9.17, 15) is 9.59 Å². The molecule has 0 atom stereocenters. The summed E-state index contributed by atoms with van der Waals surface area (Å²) in [5.41, 5.74) is 0.732. The number of methoxy groups -OCH3 is 1. The van der Waals surface area contributed by atoms with Gasteiger partial charge in [0.15, 0.2) is 0 Å². The van der Waals surface area contributed by atoms with Crippen LogP contribution in [-0.4, -0.2) is 74.5 Å². The number of piperazine rings is 1. The van der Waals surface area contributed by atoms with E-state index >= 15 is 0 Å². The fourth-order valence-electron chi connectivity index (χ4n) is 2.73. The van der Waals surface area contributed by atoms with Gasteiger partial charge in [-0.3, -0.25) is 19.4 Å². The number of carbonyl (C=O) groups is 2. The van der Waals surface area contributed by atoms with Crippen LogP contribution in [0.15, 0.2) is 24.3 Å². The molecule has 1 fully saturated rings. The molecule has 0 unspecified atom stereocenters. The summed E-state index contributed by atoms with van der Waals surface area (Å²) in [4.78, 5) is 28.2. The van der Waals surface area contributed by atoms with Gasteiger partial charge in [-0.25, -0.2) is 0 Å². The van der Waals surface area contributed by atoms with Gasteiger partial charge in [0.1, 0.15) is 5.75 Å². The number of benzene rings is 1. The van der Waals surface area contributed by atoms with E-state index in [4.69, 9.17) is 4.74 Å². The van der Waals surface area contributed by atoms with E-state index in [2.05, 4.69) is 20.4 Å². The molecule has 2 amide bonds. The third-order valence-electron chi connectivity index (χ3n) is 4.13. The molecule has 1 aromatic rings. The van der Waals surface area contributed by atoms with Gasteiger partial charge in [0.25, 0.3) is 0 Å². The Morgan fingerprint density at radius 3 is 2.32 bits per heavy atom. The van der Waals surface area contributed by atoms with Crippen LogP contribution in [0.3, 0.4) is 0 Å². The fourth-order valence-corrected chi connectivity index (χ4v) is 2.73. The largest absolute Gasteiger partial charge is 0.497 e. The highest BCUT2D eigenvalue weighted by atomic mass is 16.5. The lowest BCUT2D eigenvalue weighted by molar-refractivity contribution is -0.123. The van der Waals surface area contributed by atoms with Crippen molar-refractivity contribution in [3.05, 3.63) is 24.3 Å². The second-order valence-electron chi connectivity index (χ2n) is 6.18. The molecule has 25 heavy (non-hydrogen) atoms. The molecule has 1 aliphatic heterocycles. The SMILES string of the molecule is CCCNC(=O)CN1CCN(CC(=O)Nc2cccc(OC)c2)CC1. The van der Waals surface area contributed by atoms with E-state index in [1.165, 1.54) is 0 Å². The molecule has 0 radical (unpaired) electrons. The average Bonchev–Trinajstić information content (AvgIpc) is 2.61. The maximum atomic E-state index is 12.2. The van der Waals surface area contributed by atoms with E-state index in [1.807, 2.05) is 25.1 Å². The number of ether oxygens (including phenoxy) is 1. The summed E-state index contributed by atoms with van der Waals surface area (Å²) in [5, 5.41) is 5.78. The van der Waals surface area contributed by atoms with Crippen molar-refractivity contribution in [2.75, 3.05) is 58.2 Å². The van der Waals surface area contributed by atoms with Gasteiger partial charge in [-0.05, 0) is 18.6 Å². The van der Waals surface area contributed by atoms with Crippen LogP contribution in [0.25, 0.3) is 0 Å². The second kappa shape index (κ2) is 10.0. The highest BCUT2D eigenvalue weighted by molar-refractivity contribution is 5.92. The Morgan fingerprint density at radius 1 is 1.08 bits per heavy atom. The fraction of sp³-hybridized carbons (Fsp3) is 0.556. The maximum Gasteiger partial charge on any atom is 0.238 e. The molecule has 0 bridgehead atoms. The van der Waals surface area contributed by atoms with E-state index in [0.717, 1.165) is 44.8 Å². The molecule has 0 saturated carbocycles. The van der Waals surface area contributed by atoms with Gasteiger partial charge in [-0.15, -0.1) is 0 Å².